The largest absolute Gasteiger partial charge is 0.335 e. The summed E-state index contributed by atoms with van der Waals surface area (Å²) in [4.78, 5) is 28.5. The van der Waals surface area contributed by atoms with Crippen LogP contribution >= 0.6 is 11.6 Å². The van der Waals surface area contributed by atoms with Gasteiger partial charge in [-0.15, -0.1) is 6.42 Å². The van der Waals surface area contributed by atoms with Gasteiger partial charge in [-0.2, -0.15) is 4.72 Å². The monoisotopic (exact) mass is 463 g/mol. The summed E-state index contributed by atoms with van der Waals surface area (Å²) in [6.07, 6.45) is 5.06. The van der Waals surface area contributed by atoms with Crippen molar-refractivity contribution in [1.82, 2.24) is 14.5 Å². The summed E-state index contributed by atoms with van der Waals surface area (Å²) in [7, 11) is -3.74. The summed E-state index contributed by atoms with van der Waals surface area (Å²) >= 11 is 5.97. The molecule has 2 amide bonds. The van der Waals surface area contributed by atoms with E-state index in [4.69, 9.17) is 18.0 Å². The third-order valence-corrected chi connectivity index (χ3v) is 6.52. The summed E-state index contributed by atoms with van der Waals surface area (Å²) < 4.78 is 39.6. The fourth-order valence-electron chi connectivity index (χ4n) is 3.13. The van der Waals surface area contributed by atoms with Crippen LogP contribution in [0, 0.1) is 18.2 Å². The molecule has 0 atom stereocenters. The lowest BCUT2D eigenvalue weighted by molar-refractivity contribution is 0.0535. The second-order valence-corrected chi connectivity index (χ2v) is 8.94. The van der Waals surface area contributed by atoms with Crippen molar-refractivity contribution in [3.05, 3.63) is 64.4 Å². The molecule has 31 heavy (non-hydrogen) atoms. The van der Waals surface area contributed by atoms with Crippen molar-refractivity contribution in [1.29, 1.82) is 0 Å². The topological polar surface area (TPSA) is 86.8 Å². The standard InChI is InChI=1S/C21H19ClFN3O4S/c1-2-9-24-31(29,30)17-6-3-15(4-7-17)20(27)25-10-12-26(13-11-25)21(28)18-8-5-16(23)14-19(18)22/h1,3-8,14,24H,9-13H2. The van der Waals surface area contributed by atoms with Crippen molar-refractivity contribution in [2.24, 2.45) is 0 Å². The summed E-state index contributed by atoms with van der Waals surface area (Å²) in [6, 6.07) is 9.13. The third-order valence-electron chi connectivity index (χ3n) is 4.79. The Morgan fingerprint density at radius 1 is 1.03 bits per heavy atom. The van der Waals surface area contributed by atoms with Crippen LogP contribution in [-0.2, 0) is 10.0 Å². The number of hydrogen-bond acceptors (Lipinski definition) is 4. The minimum absolute atomic E-state index is 0.00546. The lowest BCUT2D eigenvalue weighted by Gasteiger charge is -2.35. The highest BCUT2D eigenvalue weighted by Gasteiger charge is 2.27. The van der Waals surface area contributed by atoms with Gasteiger partial charge >= 0.3 is 0 Å². The number of carbonyl (C=O) groups is 2. The average molecular weight is 464 g/mol. The maximum Gasteiger partial charge on any atom is 0.255 e. The van der Waals surface area contributed by atoms with Crippen molar-refractivity contribution in [2.75, 3.05) is 32.7 Å². The number of halogens is 2. The summed E-state index contributed by atoms with van der Waals surface area (Å²) in [6.45, 7) is 1.05. The zero-order valence-corrected chi connectivity index (χ0v) is 17.9. The predicted octanol–water partition coefficient (Wildman–Crippen LogP) is 1.99. The molecule has 1 N–H and O–H groups in total. The highest BCUT2D eigenvalue weighted by molar-refractivity contribution is 7.89. The number of rotatable bonds is 5. The van der Waals surface area contributed by atoms with Crippen LogP contribution in [0.3, 0.4) is 0 Å². The molecule has 0 aliphatic carbocycles. The van der Waals surface area contributed by atoms with Crippen LogP contribution in [-0.4, -0.2) is 62.8 Å². The van der Waals surface area contributed by atoms with E-state index in [2.05, 4.69) is 10.6 Å². The molecule has 0 unspecified atom stereocenters. The van der Waals surface area contributed by atoms with Crippen LogP contribution in [0.1, 0.15) is 20.7 Å². The van der Waals surface area contributed by atoms with Crippen molar-refractivity contribution in [3.8, 4) is 12.3 Å². The van der Waals surface area contributed by atoms with E-state index in [1.165, 1.54) is 36.4 Å². The zero-order valence-electron chi connectivity index (χ0n) is 16.3. The van der Waals surface area contributed by atoms with Crippen molar-refractivity contribution >= 4 is 33.4 Å². The molecular weight excluding hydrogens is 445 g/mol. The Morgan fingerprint density at radius 3 is 2.16 bits per heavy atom. The van der Waals surface area contributed by atoms with E-state index in [0.717, 1.165) is 6.07 Å². The molecule has 2 aromatic carbocycles. The second-order valence-electron chi connectivity index (χ2n) is 6.76. The lowest BCUT2D eigenvalue weighted by Crippen LogP contribution is -2.50. The van der Waals surface area contributed by atoms with Crippen LogP contribution in [0.2, 0.25) is 5.02 Å². The number of sulfonamides is 1. The molecule has 3 rings (SSSR count). The molecule has 162 valence electrons. The number of carbonyl (C=O) groups excluding carboxylic acids is 2. The minimum atomic E-state index is -3.74. The highest BCUT2D eigenvalue weighted by Crippen LogP contribution is 2.20. The Morgan fingerprint density at radius 2 is 1.61 bits per heavy atom. The molecule has 0 spiro atoms. The van der Waals surface area contributed by atoms with Gasteiger partial charge in [0.05, 0.1) is 22.0 Å². The van der Waals surface area contributed by atoms with Crippen molar-refractivity contribution < 1.29 is 22.4 Å². The first kappa shape index (κ1) is 22.7. The predicted molar refractivity (Wildman–Crippen MR) is 114 cm³/mol. The SMILES string of the molecule is C#CCNS(=O)(=O)c1ccc(C(=O)N2CCN(C(=O)c3ccc(F)cc3Cl)CC2)cc1. The minimum Gasteiger partial charge on any atom is -0.335 e. The number of nitrogens with zero attached hydrogens (tertiary/aromatic N) is 2. The quantitative estimate of drug-likeness (QED) is 0.687. The number of piperazine rings is 1. The van der Waals surface area contributed by atoms with E-state index in [1.807, 2.05) is 0 Å². The normalized spacial score (nSPS) is 14.2. The second kappa shape index (κ2) is 9.47. The molecule has 1 fully saturated rings. The third kappa shape index (κ3) is 5.22. The van der Waals surface area contributed by atoms with Gasteiger partial charge in [0, 0.05) is 31.7 Å². The first-order chi connectivity index (χ1) is 14.7. The van der Waals surface area contributed by atoms with E-state index < -0.39 is 15.8 Å². The smallest absolute Gasteiger partial charge is 0.255 e. The number of benzene rings is 2. The molecule has 1 aliphatic heterocycles. The maximum atomic E-state index is 13.2. The molecular formula is C21H19ClFN3O4S. The van der Waals surface area contributed by atoms with Crippen molar-refractivity contribution in [3.63, 3.8) is 0 Å². The first-order valence-electron chi connectivity index (χ1n) is 9.30. The maximum absolute atomic E-state index is 13.2. The summed E-state index contributed by atoms with van der Waals surface area (Å²) in [5, 5.41) is 0.0373. The molecule has 2 aromatic rings. The molecule has 0 aromatic heterocycles. The van der Waals surface area contributed by atoms with Crippen LogP contribution in [0.5, 0.6) is 0 Å². The van der Waals surface area contributed by atoms with Gasteiger partial charge in [-0.3, -0.25) is 9.59 Å². The Labute approximate surface area is 184 Å². The fraction of sp³-hybridized carbons (Fsp3) is 0.238. The van der Waals surface area contributed by atoms with Crippen molar-refractivity contribution in [2.45, 2.75) is 4.90 Å². The number of terminal acetylenes is 1. The van der Waals surface area contributed by atoms with E-state index in [1.54, 1.807) is 9.80 Å². The Balaban J connectivity index is 1.62. The fourth-order valence-corrected chi connectivity index (χ4v) is 4.31. The van der Waals surface area contributed by atoms with Crippen LogP contribution in [0.25, 0.3) is 0 Å². The van der Waals surface area contributed by atoms with Gasteiger partial charge in [-0.05, 0) is 42.5 Å². The van der Waals surface area contributed by atoms with Crippen LogP contribution < -0.4 is 4.72 Å². The van der Waals surface area contributed by atoms with Gasteiger partial charge in [0.15, 0.2) is 0 Å². The molecule has 0 bridgehead atoms. The van der Waals surface area contributed by atoms with Gasteiger partial charge in [0.2, 0.25) is 10.0 Å². The Kier molecular flexibility index (Phi) is 6.95. The van der Waals surface area contributed by atoms with E-state index in [-0.39, 0.29) is 33.8 Å². The van der Waals surface area contributed by atoms with Crippen LogP contribution in [0.15, 0.2) is 47.4 Å². The van der Waals surface area contributed by atoms with E-state index >= 15 is 0 Å². The Hall–Kier alpha value is -2.93. The number of amides is 2. The van der Waals surface area contributed by atoms with Gasteiger partial charge in [-0.25, -0.2) is 12.8 Å². The summed E-state index contributed by atoms with van der Waals surface area (Å²) in [5.41, 5.74) is 0.537. The molecule has 0 saturated carbocycles. The molecule has 0 radical (unpaired) electrons. The molecule has 1 heterocycles. The molecule has 1 aliphatic rings. The Bertz CT molecular complexity index is 1140. The lowest BCUT2D eigenvalue weighted by atomic mass is 10.1. The van der Waals surface area contributed by atoms with E-state index in [9.17, 15) is 22.4 Å². The molecule has 10 heteroatoms. The summed E-state index contributed by atoms with van der Waals surface area (Å²) in [5.74, 6) is 1.07. The van der Waals surface area contributed by atoms with Gasteiger partial charge in [-0.1, -0.05) is 17.5 Å². The van der Waals surface area contributed by atoms with Crippen LogP contribution in [0.4, 0.5) is 4.39 Å². The zero-order chi connectivity index (χ0) is 22.6. The number of nitrogens with one attached hydrogen (secondary N) is 1. The van der Waals surface area contributed by atoms with Gasteiger partial charge in [0.25, 0.3) is 11.8 Å². The highest BCUT2D eigenvalue weighted by atomic mass is 35.5. The average Bonchev–Trinajstić information content (AvgIpc) is 2.77. The van der Waals surface area contributed by atoms with Gasteiger partial charge < -0.3 is 9.80 Å². The van der Waals surface area contributed by atoms with Gasteiger partial charge in [0.1, 0.15) is 5.82 Å². The molecule has 7 nitrogen and oxygen atoms in total. The first-order valence-corrected chi connectivity index (χ1v) is 11.2. The number of hydrogen-bond donors (Lipinski definition) is 1. The molecule has 1 saturated heterocycles. The van der Waals surface area contributed by atoms with E-state index in [0.29, 0.717) is 31.7 Å².